The molecule has 1 aliphatic rings. The highest BCUT2D eigenvalue weighted by Gasteiger charge is 2.08. The number of rotatable bonds is 2. The van der Waals surface area contributed by atoms with Crippen molar-refractivity contribution < 1.29 is 14.6 Å². The third-order valence-corrected chi connectivity index (χ3v) is 4.65. The number of benzene rings is 1. The highest BCUT2D eigenvalue weighted by atomic mass is 32.1. The molecule has 3 aromatic rings. The monoisotopic (exact) mass is 373 g/mol. The summed E-state index contributed by atoms with van der Waals surface area (Å²) in [6.45, 7) is 3.43. The number of amides is 1. The number of thiazole rings is 1. The molecule has 0 saturated carbocycles. The fraction of sp³-hybridized carbons (Fsp3) is 0.278. The van der Waals surface area contributed by atoms with Gasteiger partial charge in [-0.1, -0.05) is 17.4 Å². The molecule has 4 rings (SSSR count). The largest absolute Gasteiger partial charge is 0.503 e. The molecule has 1 saturated heterocycles. The van der Waals surface area contributed by atoms with Crippen molar-refractivity contribution >= 4 is 32.6 Å². The number of hydrogen-bond donors (Lipinski definition) is 3. The van der Waals surface area contributed by atoms with Crippen molar-refractivity contribution in [3.05, 3.63) is 40.8 Å². The number of carbonyl (C=O) groups is 1. The third kappa shape index (κ3) is 4.47. The maximum atomic E-state index is 11.2. The summed E-state index contributed by atoms with van der Waals surface area (Å²) in [6.07, 6.45) is 4.10. The van der Waals surface area contributed by atoms with Crippen molar-refractivity contribution in [1.82, 2.24) is 9.97 Å². The average molecular weight is 373 g/mol. The van der Waals surface area contributed by atoms with Gasteiger partial charge in [0.05, 0.1) is 10.2 Å². The van der Waals surface area contributed by atoms with Crippen LogP contribution in [-0.2, 0) is 9.53 Å². The van der Waals surface area contributed by atoms with Crippen molar-refractivity contribution in [2.45, 2.75) is 19.8 Å². The summed E-state index contributed by atoms with van der Waals surface area (Å²) in [5.41, 5.74) is 1.79. The predicted octanol–water partition coefficient (Wildman–Crippen LogP) is 3.11. The van der Waals surface area contributed by atoms with Crippen molar-refractivity contribution in [2.75, 3.05) is 18.5 Å². The summed E-state index contributed by atoms with van der Waals surface area (Å²) in [5.74, 6) is -0.490. The summed E-state index contributed by atoms with van der Waals surface area (Å²) in [6, 6.07) is 6.97. The summed E-state index contributed by atoms with van der Waals surface area (Å²) in [7, 11) is 0. The number of aromatic amines is 1. The number of fused-ring (bicyclic) bond motifs is 1. The van der Waals surface area contributed by atoms with Crippen LogP contribution in [0.5, 0.6) is 5.75 Å². The molecule has 2 aromatic heterocycles. The van der Waals surface area contributed by atoms with Gasteiger partial charge in [0, 0.05) is 31.9 Å². The Hall–Kier alpha value is -2.71. The number of ether oxygens (including phenoxy) is 1. The molecule has 0 bridgehead atoms. The van der Waals surface area contributed by atoms with E-state index in [1.807, 2.05) is 18.2 Å². The molecule has 8 heteroatoms. The van der Waals surface area contributed by atoms with Crippen LogP contribution in [0, 0.1) is 0 Å². The molecule has 0 atom stereocenters. The number of aromatic nitrogens is 2. The highest BCUT2D eigenvalue weighted by Crippen LogP contribution is 2.30. The zero-order chi connectivity index (χ0) is 18.5. The molecular formula is C18H19N3O4S. The predicted molar refractivity (Wildman–Crippen MR) is 102 cm³/mol. The van der Waals surface area contributed by atoms with E-state index < -0.39 is 5.56 Å². The summed E-state index contributed by atoms with van der Waals surface area (Å²) >= 11 is 1.36. The SMILES string of the molecule is C1CCOC1.CC(=O)Nc1nc2ccc(-c3c[nH]c(=O)c(O)c3)cc2s1. The van der Waals surface area contributed by atoms with Crippen LogP contribution >= 0.6 is 11.3 Å². The van der Waals surface area contributed by atoms with E-state index in [1.54, 1.807) is 6.20 Å². The van der Waals surface area contributed by atoms with Crippen LogP contribution in [0.4, 0.5) is 5.13 Å². The van der Waals surface area contributed by atoms with Gasteiger partial charge in [-0.3, -0.25) is 9.59 Å². The first kappa shape index (κ1) is 18.1. The van der Waals surface area contributed by atoms with Gasteiger partial charge in [-0.25, -0.2) is 4.98 Å². The lowest BCUT2D eigenvalue weighted by Gasteiger charge is -2.01. The fourth-order valence-corrected chi connectivity index (χ4v) is 3.41. The van der Waals surface area contributed by atoms with Gasteiger partial charge in [0.1, 0.15) is 0 Å². The summed E-state index contributed by atoms with van der Waals surface area (Å²) < 4.78 is 5.85. The first-order valence-electron chi connectivity index (χ1n) is 8.21. The Morgan fingerprint density at radius 1 is 1.27 bits per heavy atom. The Balaban J connectivity index is 0.000000339. The number of nitrogens with zero attached hydrogens (tertiary/aromatic N) is 1. The van der Waals surface area contributed by atoms with Crippen molar-refractivity contribution in [1.29, 1.82) is 0 Å². The van der Waals surface area contributed by atoms with Gasteiger partial charge < -0.3 is 20.1 Å². The number of hydrogen-bond acceptors (Lipinski definition) is 6. The van der Waals surface area contributed by atoms with Crippen LogP contribution in [0.25, 0.3) is 21.3 Å². The topological polar surface area (TPSA) is 104 Å². The van der Waals surface area contributed by atoms with Crippen molar-refractivity contribution in [3.63, 3.8) is 0 Å². The molecule has 0 spiro atoms. The molecule has 0 unspecified atom stereocenters. The van der Waals surface area contributed by atoms with Crippen molar-refractivity contribution in [3.8, 4) is 16.9 Å². The Bertz CT molecular complexity index is 968. The molecule has 0 radical (unpaired) electrons. The van der Waals surface area contributed by atoms with E-state index in [0.29, 0.717) is 10.7 Å². The van der Waals surface area contributed by atoms with E-state index in [-0.39, 0.29) is 11.7 Å². The minimum absolute atomic E-state index is 0.167. The lowest BCUT2D eigenvalue weighted by Crippen LogP contribution is -2.04. The zero-order valence-corrected chi connectivity index (χ0v) is 15.1. The molecule has 136 valence electrons. The summed E-state index contributed by atoms with van der Waals surface area (Å²) in [5, 5.41) is 12.7. The second-order valence-electron chi connectivity index (χ2n) is 5.80. The fourth-order valence-electron chi connectivity index (χ4n) is 2.46. The number of pyridine rings is 1. The minimum atomic E-state index is -0.523. The first-order valence-corrected chi connectivity index (χ1v) is 9.02. The second-order valence-corrected chi connectivity index (χ2v) is 6.84. The third-order valence-electron chi connectivity index (χ3n) is 3.72. The Labute approximate surface area is 153 Å². The standard InChI is InChI=1S/C14H11N3O3S.C4H8O/c1-7(18)16-14-17-10-3-2-8(5-12(10)21-14)9-4-11(19)13(20)15-6-9;1-2-4-5-3-1/h2-6,19H,1H3,(H,15,20)(H,16,17,18);1-4H2. The van der Waals surface area contributed by atoms with E-state index in [9.17, 15) is 14.7 Å². The van der Waals surface area contributed by atoms with E-state index >= 15 is 0 Å². The maximum absolute atomic E-state index is 11.2. The zero-order valence-electron chi connectivity index (χ0n) is 14.2. The maximum Gasteiger partial charge on any atom is 0.290 e. The van der Waals surface area contributed by atoms with Gasteiger partial charge in [0.25, 0.3) is 5.56 Å². The normalized spacial score (nSPS) is 13.3. The molecule has 1 fully saturated rings. The molecule has 1 aromatic carbocycles. The number of carbonyl (C=O) groups excluding carboxylic acids is 1. The highest BCUT2D eigenvalue weighted by molar-refractivity contribution is 7.22. The average Bonchev–Trinajstić information content (AvgIpc) is 3.28. The van der Waals surface area contributed by atoms with Gasteiger partial charge in [-0.2, -0.15) is 0 Å². The van der Waals surface area contributed by atoms with Crippen LogP contribution in [0.2, 0.25) is 0 Å². The van der Waals surface area contributed by atoms with Crippen LogP contribution in [-0.4, -0.2) is 34.2 Å². The number of H-pyrrole nitrogens is 1. The molecule has 3 heterocycles. The molecular weight excluding hydrogens is 354 g/mol. The molecule has 7 nitrogen and oxygen atoms in total. The lowest BCUT2D eigenvalue weighted by molar-refractivity contribution is -0.114. The molecule has 26 heavy (non-hydrogen) atoms. The Morgan fingerprint density at radius 2 is 2.04 bits per heavy atom. The number of aromatic hydroxyl groups is 1. The molecule has 0 aliphatic carbocycles. The van der Waals surface area contributed by atoms with E-state index in [4.69, 9.17) is 4.74 Å². The van der Waals surface area contributed by atoms with E-state index in [0.717, 1.165) is 29.0 Å². The minimum Gasteiger partial charge on any atom is -0.503 e. The van der Waals surface area contributed by atoms with Crippen LogP contribution < -0.4 is 10.9 Å². The smallest absolute Gasteiger partial charge is 0.290 e. The number of nitrogens with one attached hydrogen (secondary N) is 2. The number of anilines is 1. The molecule has 1 aliphatic heterocycles. The Morgan fingerprint density at radius 3 is 2.65 bits per heavy atom. The first-order chi connectivity index (χ1) is 12.5. The second kappa shape index (κ2) is 8.11. The van der Waals surface area contributed by atoms with Gasteiger partial charge >= 0.3 is 0 Å². The van der Waals surface area contributed by atoms with Gasteiger partial charge in [0.15, 0.2) is 10.9 Å². The van der Waals surface area contributed by atoms with E-state index in [2.05, 4.69) is 15.3 Å². The Kier molecular flexibility index (Phi) is 5.65. The van der Waals surface area contributed by atoms with Crippen LogP contribution in [0.1, 0.15) is 19.8 Å². The lowest BCUT2D eigenvalue weighted by atomic mass is 10.1. The van der Waals surface area contributed by atoms with Gasteiger partial charge in [0.2, 0.25) is 5.91 Å². The van der Waals surface area contributed by atoms with E-state index in [1.165, 1.54) is 37.2 Å². The van der Waals surface area contributed by atoms with Crippen LogP contribution in [0.3, 0.4) is 0 Å². The van der Waals surface area contributed by atoms with Gasteiger partial charge in [-0.05, 0) is 36.6 Å². The quantitative estimate of drug-likeness (QED) is 0.640. The van der Waals surface area contributed by atoms with Gasteiger partial charge in [-0.15, -0.1) is 0 Å². The molecule has 3 N–H and O–H groups in total. The summed E-state index contributed by atoms with van der Waals surface area (Å²) in [4.78, 5) is 29.0. The van der Waals surface area contributed by atoms with Crippen LogP contribution in [0.15, 0.2) is 35.3 Å². The van der Waals surface area contributed by atoms with Crippen molar-refractivity contribution in [2.24, 2.45) is 0 Å². The molecule has 1 amide bonds.